The van der Waals surface area contributed by atoms with E-state index in [-0.39, 0.29) is 17.1 Å². The van der Waals surface area contributed by atoms with Crippen molar-refractivity contribution in [1.29, 1.82) is 5.26 Å². The van der Waals surface area contributed by atoms with Crippen molar-refractivity contribution in [3.63, 3.8) is 0 Å². The molecule has 7 nitrogen and oxygen atoms in total. The van der Waals surface area contributed by atoms with Gasteiger partial charge in [-0.05, 0) is 6.07 Å². The topological polar surface area (TPSA) is 103 Å². The van der Waals surface area contributed by atoms with E-state index in [4.69, 9.17) is 16.8 Å². The normalized spacial score (nSPS) is 10.9. The van der Waals surface area contributed by atoms with Crippen LogP contribution >= 0.6 is 0 Å². The molecule has 0 spiro atoms. The highest BCUT2D eigenvalue weighted by Gasteiger charge is 2.26. The van der Waals surface area contributed by atoms with Gasteiger partial charge in [-0.15, -0.1) is 6.42 Å². The van der Waals surface area contributed by atoms with E-state index >= 15 is 0 Å². The number of sulfonamides is 1. The maximum atomic E-state index is 12.2. The number of rotatable bonds is 5. The summed E-state index contributed by atoms with van der Waals surface area (Å²) in [4.78, 5) is 10.7. The largest absolute Gasteiger partial charge is 0.477 e. The molecule has 1 aromatic heterocycles. The number of carbonyl (C=O) groups is 1. The standard InChI is InChI=1S/C11H11N3O4S/c1-3-5-14(6-4-12)19(17,18)9-7-10(11(15)16)13(2)8-9/h1,7-8H,5-6H2,2H3,(H,15,16). The zero-order chi connectivity index (χ0) is 14.6. The molecule has 0 saturated heterocycles. The number of aromatic carboxylic acids is 1. The van der Waals surface area contributed by atoms with Crippen LogP contribution in [-0.2, 0) is 17.1 Å². The van der Waals surface area contributed by atoms with Gasteiger partial charge >= 0.3 is 5.97 Å². The molecule has 0 fully saturated rings. The van der Waals surface area contributed by atoms with E-state index in [2.05, 4.69) is 5.92 Å². The molecule has 0 saturated carbocycles. The SMILES string of the molecule is C#CCN(CC#N)S(=O)(=O)c1cc(C(=O)O)n(C)c1. The van der Waals surface area contributed by atoms with Gasteiger partial charge in [0.05, 0.1) is 12.6 Å². The van der Waals surface area contributed by atoms with Crippen LogP contribution in [0, 0.1) is 23.7 Å². The van der Waals surface area contributed by atoms with E-state index in [9.17, 15) is 13.2 Å². The Morgan fingerprint density at radius 2 is 2.21 bits per heavy atom. The molecule has 19 heavy (non-hydrogen) atoms. The van der Waals surface area contributed by atoms with Crippen LogP contribution < -0.4 is 0 Å². The first kappa shape index (κ1) is 14.8. The summed E-state index contributed by atoms with van der Waals surface area (Å²) in [6.07, 6.45) is 6.22. The van der Waals surface area contributed by atoms with Crippen molar-refractivity contribution in [2.24, 2.45) is 7.05 Å². The minimum absolute atomic E-state index is 0.170. The number of nitrogens with zero attached hydrogens (tertiary/aromatic N) is 3. The maximum Gasteiger partial charge on any atom is 0.352 e. The summed E-state index contributed by atoms with van der Waals surface area (Å²) in [6.45, 7) is -0.656. The van der Waals surface area contributed by atoms with Gasteiger partial charge in [-0.3, -0.25) is 0 Å². The van der Waals surface area contributed by atoms with Crippen LogP contribution in [0.1, 0.15) is 10.5 Å². The van der Waals surface area contributed by atoms with Crippen molar-refractivity contribution in [3.05, 3.63) is 18.0 Å². The minimum Gasteiger partial charge on any atom is -0.477 e. The van der Waals surface area contributed by atoms with Gasteiger partial charge in [0.15, 0.2) is 0 Å². The van der Waals surface area contributed by atoms with Gasteiger partial charge in [-0.1, -0.05) is 5.92 Å². The van der Waals surface area contributed by atoms with Crippen LogP contribution in [0.25, 0.3) is 0 Å². The number of carboxylic acid groups (broad SMARTS) is 1. The molecular formula is C11H11N3O4S. The van der Waals surface area contributed by atoms with Crippen LogP contribution in [0.4, 0.5) is 0 Å². The van der Waals surface area contributed by atoms with Gasteiger partial charge in [-0.25, -0.2) is 13.2 Å². The maximum absolute atomic E-state index is 12.2. The van der Waals surface area contributed by atoms with Gasteiger partial charge in [-0.2, -0.15) is 9.57 Å². The average molecular weight is 281 g/mol. The molecule has 0 aliphatic rings. The quantitative estimate of drug-likeness (QED) is 0.598. The third-order valence-electron chi connectivity index (χ3n) is 2.35. The number of carboxylic acids is 1. The monoisotopic (exact) mass is 281 g/mol. The summed E-state index contributed by atoms with van der Waals surface area (Å²) < 4.78 is 26.3. The molecule has 8 heteroatoms. The predicted molar refractivity (Wildman–Crippen MR) is 65.6 cm³/mol. The van der Waals surface area contributed by atoms with E-state index in [1.807, 2.05) is 0 Å². The lowest BCUT2D eigenvalue weighted by atomic mass is 10.4. The summed E-state index contributed by atoms with van der Waals surface area (Å²) in [6, 6.07) is 2.73. The first-order valence-corrected chi connectivity index (χ1v) is 6.48. The zero-order valence-corrected chi connectivity index (χ0v) is 10.9. The zero-order valence-electron chi connectivity index (χ0n) is 10.1. The fraction of sp³-hybridized carbons (Fsp3) is 0.273. The third-order valence-corrected chi connectivity index (χ3v) is 4.11. The lowest BCUT2D eigenvalue weighted by molar-refractivity contribution is 0.0686. The minimum atomic E-state index is -3.98. The molecule has 1 rings (SSSR count). The second kappa shape index (κ2) is 5.57. The molecule has 100 valence electrons. The molecule has 0 aliphatic carbocycles. The fourth-order valence-electron chi connectivity index (χ4n) is 1.44. The van der Waals surface area contributed by atoms with Crippen molar-refractivity contribution in [3.8, 4) is 18.4 Å². The summed E-state index contributed by atoms with van der Waals surface area (Å²) in [7, 11) is -2.56. The van der Waals surface area contributed by atoms with Crippen LogP contribution in [0.2, 0.25) is 0 Å². The Kier molecular flexibility index (Phi) is 4.33. The number of hydrogen-bond donors (Lipinski definition) is 1. The fourth-order valence-corrected chi connectivity index (χ4v) is 2.77. The predicted octanol–water partition coefficient (Wildman–Crippen LogP) is -0.129. The Morgan fingerprint density at radius 1 is 1.58 bits per heavy atom. The lowest BCUT2D eigenvalue weighted by Gasteiger charge is -2.15. The molecule has 0 radical (unpaired) electrons. The van der Waals surface area contributed by atoms with Crippen molar-refractivity contribution < 1.29 is 18.3 Å². The summed E-state index contributed by atoms with van der Waals surface area (Å²) in [5, 5.41) is 17.5. The van der Waals surface area contributed by atoms with Gasteiger partial charge < -0.3 is 9.67 Å². The first-order chi connectivity index (χ1) is 8.84. The molecule has 0 bridgehead atoms. The van der Waals surface area contributed by atoms with Crippen molar-refractivity contribution in [2.45, 2.75) is 4.90 Å². The van der Waals surface area contributed by atoms with Crippen molar-refractivity contribution >= 4 is 16.0 Å². The molecule has 0 unspecified atom stereocenters. The summed E-state index contributed by atoms with van der Waals surface area (Å²) >= 11 is 0. The first-order valence-electron chi connectivity index (χ1n) is 5.04. The number of terminal acetylenes is 1. The van der Waals surface area contributed by atoms with Crippen LogP contribution in [0.3, 0.4) is 0 Å². The average Bonchev–Trinajstić information content (AvgIpc) is 2.72. The van der Waals surface area contributed by atoms with Crippen LogP contribution in [0.15, 0.2) is 17.2 Å². The van der Waals surface area contributed by atoms with E-state index < -0.39 is 22.5 Å². The molecule has 1 N–H and O–H groups in total. The van der Waals surface area contributed by atoms with E-state index in [0.29, 0.717) is 0 Å². The third kappa shape index (κ3) is 2.94. The number of nitriles is 1. The summed E-state index contributed by atoms with van der Waals surface area (Å²) in [5.74, 6) is 0.902. The Hall–Kier alpha value is -2.29. The van der Waals surface area contributed by atoms with E-state index in [0.717, 1.165) is 10.4 Å². The van der Waals surface area contributed by atoms with E-state index in [1.165, 1.54) is 17.8 Å². The Balaban J connectivity index is 3.27. The second-order valence-corrected chi connectivity index (χ2v) is 5.55. The van der Waals surface area contributed by atoms with Gasteiger partial charge in [0.1, 0.15) is 17.1 Å². The van der Waals surface area contributed by atoms with Crippen molar-refractivity contribution in [2.75, 3.05) is 13.1 Å². The number of aryl methyl sites for hydroxylation is 1. The number of aromatic nitrogens is 1. The molecule has 0 amide bonds. The molecular weight excluding hydrogens is 270 g/mol. The molecule has 1 heterocycles. The molecule has 0 aromatic carbocycles. The second-order valence-electron chi connectivity index (χ2n) is 3.61. The highest BCUT2D eigenvalue weighted by atomic mass is 32.2. The van der Waals surface area contributed by atoms with Crippen LogP contribution in [0.5, 0.6) is 0 Å². The highest BCUT2D eigenvalue weighted by molar-refractivity contribution is 7.89. The van der Waals surface area contributed by atoms with Gasteiger partial charge in [0, 0.05) is 13.2 Å². The smallest absolute Gasteiger partial charge is 0.352 e. The van der Waals surface area contributed by atoms with E-state index in [1.54, 1.807) is 6.07 Å². The molecule has 0 atom stereocenters. The van der Waals surface area contributed by atoms with Crippen molar-refractivity contribution in [1.82, 2.24) is 8.87 Å². The molecule has 1 aromatic rings. The Labute approximate surface area is 110 Å². The van der Waals surface area contributed by atoms with Gasteiger partial charge in [0.2, 0.25) is 10.0 Å². The molecule has 0 aliphatic heterocycles. The Bertz CT molecular complexity index is 660. The van der Waals surface area contributed by atoms with Gasteiger partial charge in [0.25, 0.3) is 0 Å². The highest BCUT2D eigenvalue weighted by Crippen LogP contribution is 2.18. The summed E-state index contributed by atoms with van der Waals surface area (Å²) in [5.41, 5.74) is -0.170. The lowest BCUT2D eigenvalue weighted by Crippen LogP contribution is -2.31. The Morgan fingerprint density at radius 3 is 2.63 bits per heavy atom. The number of hydrogen-bond acceptors (Lipinski definition) is 4. The van der Waals surface area contributed by atoms with Crippen LogP contribution in [-0.4, -0.2) is 41.5 Å².